The monoisotopic (exact) mass is 322 g/mol. The second-order valence-electron chi connectivity index (χ2n) is 6.53. The molecule has 1 amide bonds. The van der Waals surface area contributed by atoms with Gasteiger partial charge in [-0.25, -0.2) is 4.79 Å². The molecule has 1 heterocycles. The first kappa shape index (κ1) is 15.2. The number of nitrogens with zero attached hydrogens (tertiary/aromatic N) is 1. The van der Waals surface area contributed by atoms with Crippen molar-refractivity contribution in [3.05, 3.63) is 59.7 Å². The van der Waals surface area contributed by atoms with Crippen LogP contribution < -0.4 is 5.73 Å². The van der Waals surface area contributed by atoms with Gasteiger partial charge in [-0.3, -0.25) is 0 Å². The maximum Gasteiger partial charge on any atom is 0.410 e. The van der Waals surface area contributed by atoms with Crippen LogP contribution >= 0.6 is 0 Å². The van der Waals surface area contributed by atoms with Crippen LogP contribution in [0.2, 0.25) is 0 Å². The van der Waals surface area contributed by atoms with Crippen molar-refractivity contribution in [2.24, 2.45) is 5.73 Å². The highest BCUT2D eigenvalue weighted by Gasteiger charge is 2.32. The van der Waals surface area contributed by atoms with Crippen LogP contribution in [0.1, 0.15) is 29.9 Å². The van der Waals surface area contributed by atoms with Crippen LogP contribution in [0.15, 0.2) is 48.5 Å². The number of nitrogens with two attached hydrogens (primary N) is 1. The maximum absolute atomic E-state index is 12.4. The molecule has 4 rings (SSSR count). The van der Waals surface area contributed by atoms with Gasteiger partial charge in [-0.05, 0) is 35.1 Å². The average molecular weight is 322 g/mol. The first-order valence-electron chi connectivity index (χ1n) is 8.61. The first-order valence-corrected chi connectivity index (χ1v) is 8.61. The normalized spacial score (nSPS) is 19.2. The van der Waals surface area contributed by atoms with Gasteiger partial charge in [-0.1, -0.05) is 48.5 Å². The van der Waals surface area contributed by atoms with E-state index in [0.717, 1.165) is 19.4 Å². The van der Waals surface area contributed by atoms with Crippen molar-refractivity contribution in [1.82, 2.24) is 4.90 Å². The fourth-order valence-electron chi connectivity index (χ4n) is 4.00. The van der Waals surface area contributed by atoms with Gasteiger partial charge in [0.25, 0.3) is 0 Å². The third-order valence-electron chi connectivity index (χ3n) is 5.22. The lowest BCUT2D eigenvalue weighted by molar-refractivity contribution is 0.0966. The van der Waals surface area contributed by atoms with E-state index in [1.807, 2.05) is 12.1 Å². The summed E-state index contributed by atoms with van der Waals surface area (Å²) in [6, 6.07) is 16.9. The molecule has 0 aromatic heterocycles. The topological polar surface area (TPSA) is 55.6 Å². The Kier molecular flexibility index (Phi) is 3.98. The molecule has 1 aliphatic heterocycles. The Hall–Kier alpha value is -2.33. The van der Waals surface area contributed by atoms with Gasteiger partial charge in [0.2, 0.25) is 0 Å². The summed E-state index contributed by atoms with van der Waals surface area (Å²) >= 11 is 0. The summed E-state index contributed by atoms with van der Waals surface area (Å²) in [4.78, 5) is 14.2. The fourth-order valence-corrected chi connectivity index (χ4v) is 4.00. The lowest BCUT2D eigenvalue weighted by atomic mass is 9.98. The molecule has 4 nitrogen and oxygen atoms in total. The number of carbonyl (C=O) groups is 1. The molecule has 0 bridgehead atoms. The van der Waals surface area contributed by atoms with Crippen LogP contribution in [0.5, 0.6) is 0 Å². The first-order chi connectivity index (χ1) is 11.8. The van der Waals surface area contributed by atoms with Crippen LogP contribution in [0, 0.1) is 0 Å². The standard InChI is InChI=1S/C20H22N2O2/c21-12-14-6-5-11-22(14)20(23)24-13-19-17-9-3-1-7-15(17)16-8-2-4-10-18(16)19/h1-4,7-10,14,19H,5-6,11-13,21H2. The number of carbonyl (C=O) groups excluding carboxylic acids is 1. The molecule has 1 unspecified atom stereocenters. The molecule has 1 saturated heterocycles. The molecule has 2 aromatic carbocycles. The van der Waals surface area contributed by atoms with Gasteiger partial charge < -0.3 is 15.4 Å². The van der Waals surface area contributed by atoms with Crippen molar-refractivity contribution in [3.8, 4) is 11.1 Å². The number of fused-ring (bicyclic) bond motifs is 3. The van der Waals surface area contributed by atoms with Crippen LogP contribution in [-0.4, -0.2) is 36.7 Å². The molecule has 1 aliphatic carbocycles. The van der Waals surface area contributed by atoms with E-state index in [4.69, 9.17) is 10.5 Å². The number of hydrogen-bond donors (Lipinski definition) is 1. The van der Waals surface area contributed by atoms with E-state index in [2.05, 4.69) is 36.4 Å². The van der Waals surface area contributed by atoms with Gasteiger partial charge in [-0.2, -0.15) is 0 Å². The SMILES string of the molecule is NCC1CCCN1C(=O)OCC1c2ccccc2-c2ccccc21. The zero-order valence-corrected chi connectivity index (χ0v) is 13.7. The van der Waals surface area contributed by atoms with Gasteiger partial charge in [0.05, 0.1) is 0 Å². The number of hydrogen-bond acceptors (Lipinski definition) is 3. The van der Waals surface area contributed by atoms with Gasteiger partial charge in [0.15, 0.2) is 0 Å². The highest BCUT2D eigenvalue weighted by atomic mass is 16.6. The predicted molar refractivity (Wildman–Crippen MR) is 93.9 cm³/mol. The van der Waals surface area contributed by atoms with E-state index in [-0.39, 0.29) is 18.1 Å². The molecule has 2 aliphatic rings. The minimum atomic E-state index is -0.232. The highest BCUT2D eigenvalue weighted by Crippen LogP contribution is 2.44. The minimum Gasteiger partial charge on any atom is -0.448 e. The second-order valence-corrected chi connectivity index (χ2v) is 6.53. The zero-order chi connectivity index (χ0) is 16.5. The third kappa shape index (κ3) is 2.47. The summed E-state index contributed by atoms with van der Waals surface area (Å²) in [5.74, 6) is 0.111. The van der Waals surface area contributed by atoms with Crippen molar-refractivity contribution in [1.29, 1.82) is 0 Å². The van der Waals surface area contributed by atoms with Gasteiger partial charge in [0, 0.05) is 25.0 Å². The molecule has 0 saturated carbocycles. The lowest BCUT2D eigenvalue weighted by Gasteiger charge is -2.24. The Morgan fingerprint density at radius 3 is 2.33 bits per heavy atom. The van der Waals surface area contributed by atoms with Gasteiger partial charge in [0.1, 0.15) is 6.61 Å². The largest absolute Gasteiger partial charge is 0.448 e. The maximum atomic E-state index is 12.4. The van der Waals surface area contributed by atoms with Gasteiger partial charge >= 0.3 is 6.09 Å². The molecule has 1 fully saturated rings. The molecule has 2 aromatic rings. The highest BCUT2D eigenvalue weighted by molar-refractivity contribution is 5.79. The molecule has 24 heavy (non-hydrogen) atoms. The van der Waals surface area contributed by atoms with Crippen molar-refractivity contribution >= 4 is 6.09 Å². The Balaban J connectivity index is 1.54. The van der Waals surface area contributed by atoms with E-state index in [9.17, 15) is 4.79 Å². The molecular weight excluding hydrogens is 300 g/mol. The number of rotatable bonds is 3. The second kappa shape index (κ2) is 6.29. The summed E-state index contributed by atoms with van der Waals surface area (Å²) in [6.07, 6.45) is 1.75. The summed E-state index contributed by atoms with van der Waals surface area (Å²) in [5.41, 5.74) is 10.7. The van der Waals surface area contributed by atoms with E-state index in [1.165, 1.54) is 22.3 Å². The number of ether oxygens (including phenoxy) is 1. The van der Waals surface area contributed by atoms with Crippen molar-refractivity contribution in [3.63, 3.8) is 0 Å². The van der Waals surface area contributed by atoms with Crippen LogP contribution in [-0.2, 0) is 4.74 Å². The Morgan fingerprint density at radius 2 is 1.71 bits per heavy atom. The number of benzene rings is 2. The molecule has 124 valence electrons. The Labute approximate surface area is 142 Å². The summed E-state index contributed by atoms with van der Waals surface area (Å²) in [6.45, 7) is 1.63. The van der Waals surface area contributed by atoms with Gasteiger partial charge in [-0.15, -0.1) is 0 Å². The van der Waals surface area contributed by atoms with Crippen molar-refractivity contribution in [2.45, 2.75) is 24.8 Å². The molecular formula is C20H22N2O2. The van der Waals surface area contributed by atoms with Crippen LogP contribution in [0.4, 0.5) is 4.79 Å². The average Bonchev–Trinajstić information content (AvgIpc) is 3.22. The van der Waals surface area contributed by atoms with E-state index in [0.29, 0.717) is 13.2 Å². The summed E-state index contributed by atoms with van der Waals surface area (Å²) in [5, 5.41) is 0. The molecule has 1 atom stereocenters. The van der Waals surface area contributed by atoms with E-state index >= 15 is 0 Å². The molecule has 2 N–H and O–H groups in total. The molecule has 0 radical (unpaired) electrons. The van der Waals surface area contributed by atoms with Crippen molar-refractivity contribution in [2.75, 3.05) is 19.7 Å². The van der Waals surface area contributed by atoms with E-state index in [1.54, 1.807) is 4.90 Å². The molecule has 4 heteroatoms. The quantitative estimate of drug-likeness (QED) is 0.943. The minimum absolute atomic E-state index is 0.111. The molecule has 0 spiro atoms. The smallest absolute Gasteiger partial charge is 0.410 e. The Bertz CT molecular complexity index is 713. The van der Waals surface area contributed by atoms with Crippen LogP contribution in [0.25, 0.3) is 11.1 Å². The lowest BCUT2D eigenvalue weighted by Crippen LogP contribution is -2.40. The van der Waals surface area contributed by atoms with Crippen LogP contribution in [0.3, 0.4) is 0 Å². The van der Waals surface area contributed by atoms with E-state index < -0.39 is 0 Å². The third-order valence-corrected chi connectivity index (χ3v) is 5.22. The fraction of sp³-hybridized carbons (Fsp3) is 0.350. The van der Waals surface area contributed by atoms with Crippen molar-refractivity contribution < 1.29 is 9.53 Å². The summed E-state index contributed by atoms with van der Waals surface area (Å²) in [7, 11) is 0. The summed E-state index contributed by atoms with van der Waals surface area (Å²) < 4.78 is 5.69. The predicted octanol–water partition coefficient (Wildman–Crippen LogP) is 3.36. The number of amides is 1. The number of likely N-dealkylation sites (tertiary alicyclic amines) is 1. The Morgan fingerprint density at radius 1 is 1.08 bits per heavy atom. The zero-order valence-electron chi connectivity index (χ0n) is 13.7.